The molecule has 1 atom stereocenters. The van der Waals surface area contributed by atoms with E-state index in [0.29, 0.717) is 0 Å². The van der Waals surface area contributed by atoms with Crippen LogP contribution in [0.2, 0.25) is 0 Å². The standard InChI is InChI=1S/C17H16F3N3O4/c1-11-8-9-13(21-10-11)22-15(25)23-16(14(24)26-2,17(18,19)20)27-12-6-4-3-5-7-12/h3-10H,1-2H3,(H2,21,22,23,25). The van der Waals surface area contributed by atoms with Crippen LogP contribution in [0.3, 0.4) is 0 Å². The minimum absolute atomic E-state index is 0.0150. The summed E-state index contributed by atoms with van der Waals surface area (Å²) in [6, 6.07) is 8.39. The lowest BCUT2D eigenvalue weighted by molar-refractivity contribution is -0.258. The molecule has 7 nitrogen and oxygen atoms in total. The van der Waals surface area contributed by atoms with Gasteiger partial charge in [-0.15, -0.1) is 0 Å². The van der Waals surface area contributed by atoms with Crippen molar-refractivity contribution in [2.75, 3.05) is 12.4 Å². The molecule has 2 aromatic rings. The Labute approximate surface area is 152 Å². The largest absolute Gasteiger partial charge is 0.464 e. The summed E-state index contributed by atoms with van der Waals surface area (Å²) in [6.45, 7) is 1.75. The molecule has 0 radical (unpaired) electrons. The number of amides is 2. The second-order valence-electron chi connectivity index (χ2n) is 5.39. The third kappa shape index (κ3) is 4.66. The van der Waals surface area contributed by atoms with Crippen LogP contribution < -0.4 is 15.4 Å². The van der Waals surface area contributed by atoms with Crippen molar-refractivity contribution in [3.05, 3.63) is 54.2 Å². The highest BCUT2D eigenvalue weighted by atomic mass is 19.4. The number of methoxy groups -OCH3 is 1. The van der Waals surface area contributed by atoms with Crippen molar-refractivity contribution in [1.29, 1.82) is 0 Å². The van der Waals surface area contributed by atoms with Gasteiger partial charge in [0.2, 0.25) is 0 Å². The molecule has 1 unspecified atom stereocenters. The molecule has 1 heterocycles. The van der Waals surface area contributed by atoms with Gasteiger partial charge >= 0.3 is 23.9 Å². The lowest BCUT2D eigenvalue weighted by atomic mass is 10.2. The van der Waals surface area contributed by atoms with Crippen LogP contribution in [-0.4, -0.2) is 36.0 Å². The third-order valence-electron chi connectivity index (χ3n) is 3.33. The predicted octanol–water partition coefficient (Wildman–Crippen LogP) is 3.02. The molecule has 2 rings (SSSR count). The zero-order valence-electron chi connectivity index (χ0n) is 14.3. The molecule has 2 amide bonds. The first-order valence-electron chi connectivity index (χ1n) is 7.59. The molecule has 0 bridgehead atoms. The number of urea groups is 1. The van der Waals surface area contributed by atoms with Gasteiger partial charge in [0.1, 0.15) is 11.6 Å². The van der Waals surface area contributed by atoms with Crippen molar-refractivity contribution in [3.63, 3.8) is 0 Å². The fraction of sp³-hybridized carbons (Fsp3) is 0.235. The van der Waals surface area contributed by atoms with Crippen molar-refractivity contribution in [1.82, 2.24) is 10.3 Å². The number of hydrogen-bond acceptors (Lipinski definition) is 5. The van der Waals surface area contributed by atoms with Gasteiger partial charge in [0.15, 0.2) is 0 Å². The van der Waals surface area contributed by atoms with E-state index in [2.05, 4.69) is 15.0 Å². The Balaban J connectivity index is 2.34. The van der Waals surface area contributed by atoms with Gasteiger partial charge in [-0.2, -0.15) is 13.2 Å². The normalized spacial score (nSPS) is 13.2. The maximum absolute atomic E-state index is 13.8. The summed E-state index contributed by atoms with van der Waals surface area (Å²) in [5.41, 5.74) is -2.97. The maximum atomic E-state index is 13.8. The van der Waals surface area contributed by atoms with E-state index in [1.165, 1.54) is 41.8 Å². The summed E-state index contributed by atoms with van der Waals surface area (Å²) in [7, 11) is 0.748. The summed E-state index contributed by atoms with van der Waals surface area (Å²) in [6.07, 6.45) is -3.92. The number of aryl methyl sites for hydroxylation is 1. The van der Waals surface area contributed by atoms with Crippen molar-refractivity contribution < 1.29 is 32.2 Å². The molecule has 0 aliphatic rings. The number of rotatable bonds is 5. The molecule has 0 aliphatic carbocycles. The highest BCUT2D eigenvalue weighted by Gasteiger charge is 2.66. The molecular formula is C17H16F3N3O4. The molecule has 2 N–H and O–H groups in total. The van der Waals surface area contributed by atoms with Crippen LogP contribution in [0, 0.1) is 6.92 Å². The summed E-state index contributed by atoms with van der Waals surface area (Å²) < 4.78 is 50.4. The summed E-state index contributed by atoms with van der Waals surface area (Å²) >= 11 is 0. The Bertz CT molecular complexity index is 797. The van der Waals surface area contributed by atoms with E-state index in [-0.39, 0.29) is 11.6 Å². The van der Waals surface area contributed by atoms with Gasteiger partial charge in [-0.05, 0) is 30.7 Å². The molecule has 1 aromatic heterocycles. The Morgan fingerprint density at radius 1 is 1.07 bits per heavy atom. The number of carbonyl (C=O) groups excluding carboxylic acids is 2. The molecule has 0 saturated carbocycles. The average molecular weight is 383 g/mol. The number of benzene rings is 1. The molecule has 0 spiro atoms. The van der Waals surface area contributed by atoms with Crippen molar-refractivity contribution in [2.24, 2.45) is 0 Å². The number of para-hydroxylation sites is 1. The monoisotopic (exact) mass is 383 g/mol. The second kappa shape index (κ2) is 7.94. The van der Waals surface area contributed by atoms with Gasteiger partial charge in [0.25, 0.3) is 0 Å². The van der Waals surface area contributed by atoms with Crippen molar-refractivity contribution in [3.8, 4) is 5.75 Å². The van der Waals surface area contributed by atoms with Gasteiger partial charge in [-0.3, -0.25) is 10.6 Å². The van der Waals surface area contributed by atoms with Crippen LogP contribution in [0.1, 0.15) is 5.56 Å². The fourth-order valence-corrected chi connectivity index (χ4v) is 2.02. The molecule has 1 aromatic carbocycles. The van der Waals surface area contributed by atoms with E-state index >= 15 is 0 Å². The average Bonchev–Trinajstić information content (AvgIpc) is 2.62. The number of halogens is 3. The van der Waals surface area contributed by atoms with Crippen molar-refractivity contribution in [2.45, 2.75) is 18.8 Å². The fourth-order valence-electron chi connectivity index (χ4n) is 2.02. The van der Waals surface area contributed by atoms with Gasteiger partial charge in [0, 0.05) is 6.20 Å². The predicted molar refractivity (Wildman–Crippen MR) is 89.0 cm³/mol. The number of ether oxygens (including phenoxy) is 2. The number of hydrogen-bond donors (Lipinski definition) is 2. The molecule has 0 aliphatic heterocycles. The number of alkyl halides is 3. The van der Waals surface area contributed by atoms with Crippen LogP contribution in [0.15, 0.2) is 48.7 Å². The topological polar surface area (TPSA) is 89.5 Å². The van der Waals surface area contributed by atoms with Gasteiger partial charge < -0.3 is 9.47 Å². The van der Waals surface area contributed by atoms with Gasteiger partial charge in [-0.25, -0.2) is 14.6 Å². The Morgan fingerprint density at radius 3 is 2.26 bits per heavy atom. The molecule has 10 heteroatoms. The van der Waals surface area contributed by atoms with E-state index in [9.17, 15) is 22.8 Å². The third-order valence-corrected chi connectivity index (χ3v) is 3.33. The number of nitrogens with zero attached hydrogens (tertiary/aromatic N) is 1. The number of pyridine rings is 1. The number of esters is 1. The quantitative estimate of drug-likeness (QED) is 0.612. The molecular weight excluding hydrogens is 367 g/mol. The smallest absolute Gasteiger partial charge is 0.460 e. The zero-order chi connectivity index (χ0) is 20.1. The number of nitrogens with one attached hydrogen (secondary N) is 2. The minimum Gasteiger partial charge on any atom is -0.464 e. The maximum Gasteiger partial charge on any atom is 0.460 e. The highest BCUT2D eigenvalue weighted by molar-refractivity contribution is 5.93. The van der Waals surface area contributed by atoms with Gasteiger partial charge in [-0.1, -0.05) is 24.3 Å². The minimum atomic E-state index is -5.33. The van der Waals surface area contributed by atoms with Crippen LogP contribution >= 0.6 is 0 Å². The molecule has 0 fully saturated rings. The van der Waals surface area contributed by atoms with Crippen molar-refractivity contribution >= 4 is 17.8 Å². The summed E-state index contributed by atoms with van der Waals surface area (Å²) in [5, 5.41) is 3.63. The Hall–Kier alpha value is -3.30. The van der Waals surface area contributed by atoms with E-state index in [4.69, 9.17) is 4.74 Å². The molecule has 0 saturated heterocycles. The van der Waals surface area contributed by atoms with Crippen LogP contribution in [0.25, 0.3) is 0 Å². The Kier molecular flexibility index (Phi) is 5.88. The van der Waals surface area contributed by atoms with E-state index in [1.807, 2.05) is 0 Å². The SMILES string of the molecule is COC(=O)C(NC(=O)Nc1ccc(C)cn1)(Oc1ccccc1)C(F)(F)F. The Morgan fingerprint density at radius 2 is 1.74 bits per heavy atom. The lowest BCUT2D eigenvalue weighted by Crippen LogP contribution is -2.68. The first-order chi connectivity index (χ1) is 12.7. The van der Waals surface area contributed by atoms with Crippen LogP contribution in [0.4, 0.5) is 23.8 Å². The lowest BCUT2D eigenvalue weighted by Gasteiger charge is -2.33. The van der Waals surface area contributed by atoms with Crippen LogP contribution in [0.5, 0.6) is 5.75 Å². The zero-order valence-corrected chi connectivity index (χ0v) is 14.3. The number of aromatic nitrogens is 1. The summed E-state index contributed by atoms with van der Waals surface area (Å²) in [5.74, 6) is -2.15. The number of anilines is 1. The molecule has 144 valence electrons. The first-order valence-corrected chi connectivity index (χ1v) is 7.59. The van der Waals surface area contributed by atoms with Gasteiger partial charge in [0.05, 0.1) is 7.11 Å². The molecule has 27 heavy (non-hydrogen) atoms. The highest BCUT2D eigenvalue weighted by Crippen LogP contribution is 2.34. The first kappa shape index (κ1) is 20.0. The summed E-state index contributed by atoms with van der Waals surface area (Å²) in [4.78, 5) is 28.0. The van der Waals surface area contributed by atoms with E-state index in [0.717, 1.165) is 12.7 Å². The van der Waals surface area contributed by atoms with E-state index in [1.54, 1.807) is 19.1 Å². The number of carbonyl (C=O) groups is 2. The second-order valence-corrected chi connectivity index (χ2v) is 5.39. The van der Waals surface area contributed by atoms with E-state index < -0.39 is 23.9 Å². The van der Waals surface area contributed by atoms with Crippen LogP contribution in [-0.2, 0) is 9.53 Å².